The van der Waals surface area contributed by atoms with Crippen LogP contribution in [0.3, 0.4) is 0 Å². The van der Waals surface area contributed by atoms with E-state index in [9.17, 15) is 0 Å². The van der Waals surface area contributed by atoms with Crippen molar-refractivity contribution in [3.63, 3.8) is 0 Å². The molecule has 0 aliphatic heterocycles. The molecule has 0 fully saturated rings. The summed E-state index contributed by atoms with van der Waals surface area (Å²) in [7, 11) is 1.71. The molecule has 0 heterocycles. The van der Waals surface area contributed by atoms with Crippen LogP contribution in [-0.2, 0) is 0 Å². The zero-order valence-electron chi connectivity index (χ0n) is 22.6. The fourth-order valence-electron chi connectivity index (χ4n) is 5.52. The van der Waals surface area contributed by atoms with E-state index in [1.807, 2.05) is 12.1 Å². The third-order valence-corrected chi connectivity index (χ3v) is 7.45. The fraction of sp³-hybridized carbons (Fsp3) is 0.0513. The number of benzene rings is 6. The molecular formula is C39H31O. The Kier molecular flexibility index (Phi) is 7.55. The predicted molar refractivity (Wildman–Crippen MR) is 166 cm³/mol. The first-order valence-electron chi connectivity index (χ1n) is 13.7. The van der Waals surface area contributed by atoms with Crippen molar-refractivity contribution in [3.05, 3.63) is 203 Å². The van der Waals surface area contributed by atoms with E-state index in [-0.39, 0.29) is 5.92 Å². The van der Waals surface area contributed by atoms with E-state index in [1.165, 1.54) is 44.9 Å². The van der Waals surface area contributed by atoms with Crippen LogP contribution in [0.4, 0.5) is 0 Å². The van der Waals surface area contributed by atoms with Gasteiger partial charge in [0.1, 0.15) is 5.75 Å². The van der Waals surface area contributed by atoms with Gasteiger partial charge in [-0.05, 0) is 62.7 Å². The first-order chi connectivity index (χ1) is 19.8. The van der Waals surface area contributed by atoms with E-state index < -0.39 is 0 Å². The Hall–Kier alpha value is -4.88. The lowest BCUT2D eigenvalue weighted by Crippen LogP contribution is -2.13. The smallest absolute Gasteiger partial charge is 0.118 e. The molecule has 6 rings (SSSR count). The van der Waals surface area contributed by atoms with Gasteiger partial charge in [-0.1, -0.05) is 146 Å². The lowest BCUT2D eigenvalue weighted by molar-refractivity contribution is 0.415. The topological polar surface area (TPSA) is 9.23 Å². The molecule has 0 aliphatic rings. The summed E-state index contributed by atoms with van der Waals surface area (Å²) < 4.78 is 5.43. The molecule has 0 atom stereocenters. The van der Waals surface area contributed by atoms with Gasteiger partial charge < -0.3 is 4.74 Å². The minimum absolute atomic E-state index is 0.0537. The third kappa shape index (κ3) is 5.32. The first-order valence-corrected chi connectivity index (χ1v) is 13.7. The van der Waals surface area contributed by atoms with Crippen molar-refractivity contribution in [3.8, 4) is 16.9 Å². The lowest BCUT2D eigenvalue weighted by atomic mass is 9.75. The average molecular weight is 516 g/mol. The maximum absolute atomic E-state index is 5.43. The van der Waals surface area contributed by atoms with E-state index in [0.29, 0.717) is 0 Å². The van der Waals surface area contributed by atoms with Gasteiger partial charge in [-0.3, -0.25) is 0 Å². The number of hydrogen-bond donors (Lipinski definition) is 0. The largest absolute Gasteiger partial charge is 0.497 e. The second kappa shape index (κ2) is 11.9. The molecule has 0 aromatic heterocycles. The van der Waals surface area contributed by atoms with Crippen molar-refractivity contribution in [2.45, 2.75) is 5.92 Å². The van der Waals surface area contributed by atoms with Crippen molar-refractivity contribution in [2.75, 3.05) is 7.11 Å². The number of ether oxygens (including phenoxy) is 1. The number of rotatable bonds is 8. The number of methoxy groups -OCH3 is 1. The first kappa shape index (κ1) is 25.4. The maximum atomic E-state index is 5.43. The molecule has 0 bridgehead atoms. The summed E-state index contributed by atoms with van der Waals surface area (Å²) in [4.78, 5) is 0. The molecule has 0 amide bonds. The van der Waals surface area contributed by atoms with Crippen molar-refractivity contribution in [2.24, 2.45) is 0 Å². The Labute approximate surface area is 237 Å². The minimum atomic E-state index is 0.0537. The molecule has 1 nitrogen and oxygen atoms in total. The molecule has 0 unspecified atom stereocenters. The van der Waals surface area contributed by atoms with Crippen molar-refractivity contribution in [1.29, 1.82) is 0 Å². The van der Waals surface area contributed by atoms with Gasteiger partial charge in [0.25, 0.3) is 0 Å². The molecule has 0 saturated heterocycles. The second-order valence-electron chi connectivity index (χ2n) is 9.89. The van der Waals surface area contributed by atoms with Crippen LogP contribution in [0.25, 0.3) is 11.1 Å². The molecule has 1 heteroatoms. The van der Waals surface area contributed by atoms with Crippen LogP contribution in [0.15, 0.2) is 164 Å². The monoisotopic (exact) mass is 515 g/mol. The molecule has 6 aromatic rings. The highest BCUT2D eigenvalue weighted by Crippen LogP contribution is 2.42. The van der Waals surface area contributed by atoms with E-state index in [0.717, 1.165) is 11.3 Å². The molecule has 6 aromatic carbocycles. The Bertz CT molecular complexity index is 1560. The van der Waals surface area contributed by atoms with Gasteiger partial charge in [0.05, 0.1) is 13.0 Å². The van der Waals surface area contributed by atoms with Crippen LogP contribution < -0.4 is 4.74 Å². The van der Waals surface area contributed by atoms with Crippen LogP contribution >= 0.6 is 0 Å². The zero-order valence-corrected chi connectivity index (χ0v) is 22.6. The van der Waals surface area contributed by atoms with E-state index >= 15 is 0 Å². The third-order valence-electron chi connectivity index (χ3n) is 7.45. The SMILES string of the molecule is COc1ccc(-c2ccc([C](c3ccccc3)c3ccccc3)c(C(c3ccccc3)c3ccccc3)c2)cc1. The summed E-state index contributed by atoms with van der Waals surface area (Å²) in [5.41, 5.74) is 9.78. The van der Waals surface area contributed by atoms with E-state index in [2.05, 4.69) is 152 Å². The molecule has 40 heavy (non-hydrogen) atoms. The van der Waals surface area contributed by atoms with Gasteiger partial charge in [-0.25, -0.2) is 0 Å². The molecule has 0 saturated carbocycles. The van der Waals surface area contributed by atoms with Crippen LogP contribution in [0.1, 0.15) is 39.3 Å². The van der Waals surface area contributed by atoms with Crippen LogP contribution in [0, 0.1) is 5.92 Å². The van der Waals surface area contributed by atoms with Crippen LogP contribution in [-0.4, -0.2) is 7.11 Å². The van der Waals surface area contributed by atoms with Gasteiger partial charge in [0, 0.05) is 5.92 Å². The Morgan fingerprint density at radius 1 is 0.475 bits per heavy atom. The normalized spacial score (nSPS) is 11.1. The number of hydrogen-bond acceptors (Lipinski definition) is 1. The molecule has 0 N–H and O–H groups in total. The van der Waals surface area contributed by atoms with Gasteiger partial charge in [-0.15, -0.1) is 0 Å². The summed E-state index contributed by atoms with van der Waals surface area (Å²) in [5, 5.41) is 0. The van der Waals surface area contributed by atoms with Crippen molar-refractivity contribution in [1.82, 2.24) is 0 Å². The van der Waals surface area contributed by atoms with E-state index in [1.54, 1.807) is 7.11 Å². The van der Waals surface area contributed by atoms with Gasteiger partial charge in [-0.2, -0.15) is 0 Å². The molecule has 0 aliphatic carbocycles. The van der Waals surface area contributed by atoms with E-state index in [4.69, 9.17) is 4.74 Å². The Balaban J connectivity index is 1.63. The zero-order chi connectivity index (χ0) is 27.1. The minimum Gasteiger partial charge on any atom is -0.497 e. The summed E-state index contributed by atoms with van der Waals surface area (Å²) in [6.45, 7) is 0. The highest BCUT2D eigenvalue weighted by molar-refractivity contribution is 5.71. The lowest BCUT2D eigenvalue weighted by Gasteiger charge is -2.27. The van der Waals surface area contributed by atoms with Crippen LogP contribution in [0.2, 0.25) is 0 Å². The van der Waals surface area contributed by atoms with Gasteiger partial charge >= 0.3 is 0 Å². The molecular weight excluding hydrogens is 484 g/mol. The Morgan fingerprint density at radius 2 is 0.925 bits per heavy atom. The fourth-order valence-corrected chi connectivity index (χ4v) is 5.52. The summed E-state index contributed by atoms with van der Waals surface area (Å²) in [5.74, 6) is 2.14. The van der Waals surface area contributed by atoms with Crippen molar-refractivity contribution < 1.29 is 4.74 Å². The predicted octanol–water partition coefficient (Wildman–Crippen LogP) is 9.56. The maximum Gasteiger partial charge on any atom is 0.118 e. The summed E-state index contributed by atoms with van der Waals surface area (Å²) in [6, 6.07) is 58.4. The summed E-state index contributed by atoms with van der Waals surface area (Å²) >= 11 is 0. The van der Waals surface area contributed by atoms with Crippen LogP contribution in [0.5, 0.6) is 5.75 Å². The summed E-state index contributed by atoms with van der Waals surface area (Å²) in [6.07, 6.45) is 0. The molecule has 193 valence electrons. The van der Waals surface area contributed by atoms with Gasteiger partial charge in [0.2, 0.25) is 0 Å². The average Bonchev–Trinajstić information content (AvgIpc) is 3.04. The second-order valence-corrected chi connectivity index (χ2v) is 9.89. The highest BCUT2D eigenvalue weighted by Gasteiger charge is 2.27. The quantitative estimate of drug-likeness (QED) is 0.183. The molecule has 1 radical (unpaired) electrons. The standard InChI is InChI=1S/C39H31O/c1-40-35-25-22-29(23-26-35)34-24-27-36(38(30-14-6-2-7-15-30)31-16-8-3-9-17-31)37(28-34)39(32-18-10-4-11-19-32)33-20-12-5-13-21-33/h2-28,39H,1H3. The molecule has 0 spiro atoms. The Morgan fingerprint density at radius 3 is 1.40 bits per heavy atom. The van der Waals surface area contributed by atoms with Crippen molar-refractivity contribution >= 4 is 0 Å². The highest BCUT2D eigenvalue weighted by atomic mass is 16.5. The van der Waals surface area contributed by atoms with Gasteiger partial charge in [0.15, 0.2) is 0 Å².